The Morgan fingerprint density at radius 1 is 1.17 bits per heavy atom. The van der Waals surface area contributed by atoms with Gasteiger partial charge in [0.2, 0.25) is 12.7 Å². The lowest BCUT2D eigenvalue weighted by Crippen LogP contribution is -2.12. The van der Waals surface area contributed by atoms with Crippen LogP contribution in [0.3, 0.4) is 0 Å². The Morgan fingerprint density at radius 2 is 2.00 bits per heavy atom. The van der Waals surface area contributed by atoms with Crippen molar-refractivity contribution in [3.8, 4) is 22.8 Å². The number of anilines is 1. The minimum absolute atomic E-state index is 0.0544. The van der Waals surface area contributed by atoms with Crippen LogP contribution in [0, 0.1) is 0 Å². The second kappa shape index (κ2) is 7.42. The number of nitrogens with one attached hydrogen (secondary N) is 1. The van der Waals surface area contributed by atoms with E-state index in [2.05, 4.69) is 10.3 Å². The molecule has 0 spiro atoms. The summed E-state index contributed by atoms with van der Waals surface area (Å²) in [5, 5.41) is 5.65. The molecule has 5 rings (SSSR count). The number of aryl methyl sites for hydroxylation is 1. The molecule has 4 aromatic rings. The van der Waals surface area contributed by atoms with Crippen molar-refractivity contribution < 1.29 is 14.3 Å². The van der Waals surface area contributed by atoms with Crippen molar-refractivity contribution in [3.05, 3.63) is 64.8 Å². The fraction of sp³-hybridized carbons (Fsp3) is 0.143. The van der Waals surface area contributed by atoms with Crippen LogP contribution in [0.5, 0.6) is 11.5 Å². The number of nitrogens with zero attached hydrogens (tertiary/aromatic N) is 2. The molecule has 0 fully saturated rings. The Balaban J connectivity index is 1.26. The summed E-state index contributed by atoms with van der Waals surface area (Å²) in [4.78, 5) is 18.0. The maximum atomic E-state index is 12.4. The van der Waals surface area contributed by atoms with Crippen molar-refractivity contribution in [3.63, 3.8) is 0 Å². The third-order valence-electron chi connectivity index (χ3n) is 4.69. The van der Waals surface area contributed by atoms with Gasteiger partial charge in [0, 0.05) is 46.0 Å². The van der Waals surface area contributed by atoms with Crippen LogP contribution in [-0.2, 0) is 11.2 Å². The normalized spacial score (nSPS) is 12.4. The number of benzene rings is 2. The van der Waals surface area contributed by atoms with Crippen molar-refractivity contribution in [2.24, 2.45) is 0 Å². The average Bonchev–Trinajstić information content (AvgIpc) is 3.42. The van der Waals surface area contributed by atoms with E-state index in [1.165, 1.54) is 0 Å². The molecule has 0 unspecified atom stereocenters. The maximum absolute atomic E-state index is 12.4. The van der Waals surface area contributed by atoms with Gasteiger partial charge in [-0.3, -0.25) is 9.20 Å². The van der Waals surface area contributed by atoms with E-state index < -0.39 is 0 Å². The molecule has 0 radical (unpaired) electrons. The molecule has 1 aliphatic rings. The Hall–Kier alpha value is -3.03. The molecular weight excluding hydrogens is 410 g/mol. The average molecular weight is 426 g/mol. The Morgan fingerprint density at radius 3 is 2.86 bits per heavy atom. The van der Waals surface area contributed by atoms with Crippen molar-refractivity contribution in [1.29, 1.82) is 0 Å². The number of hydrogen-bond acceptors (Lipinski definition) is 5. The van der Waals surface area contributed by atoms with Gasteiger partial charge in [-0.05, 0) is 30.7 Å². The summed E-state index contributed by atoms with van der Waals surface area (Å²) in [5.74, 6) is 1.29. The number of imidazole rings is 1. The van der Waals surface area contributed by atoms with E-state index >= 15 is 0 Å². The first-order chi connectivity index (χ1) is 14.2. The number of halogens is 1. The monoisotopic (exact) mass is 425 g/mol. The highest BCUT2D eigenvalue weighted by molar-refractivity contribution is 7.15. The zero-order valence-electron chi connectivity index (χ0n) is 15.2. The number of carbonyl (C=O) groups excluding carboxylic acids is 1. The molecule has 0 aliphatic carbocycles. The van der Waals surface area contributed by atoms with Crippen LogP contribution in [0.1, 0.15) is 12.1 Å². The van der Waals surface area contributed by atoms with Crippen LogP contribution in [-0.4, -0.2) is 22.1 Å². The fourth-order valence-electron chi connectivity index (χ4n) is 3.21. The number of fused-ring (bicyclic) bond motifs is 2. The summed E-state index contributed by atoms with van der Waals surface area (Å²) in [5.41, 5.74) is 3.65. The van der Waals surface area contributed by atoms with Crippen LogP contribution in [0.4, 0.5) is 5.69 Å². The molecule has 8 heteroatoms. The lowest BCUT2D eigenvalue weighted by molar-refractivity contribution is -0.116. The second-order valence-electron chi connectivity index (χ2n) is 6.63. The van der Waals surface area contributed by atoms with Crippen LogP contribution >= 0.6 is 22.9 Å². The van der Waals surface area contributed by atoms with E-state index in [9.17, 15) is 4.79 Å². The zero-order chi connectivity index (χ0) is 19.8. The van der Waals surface area contributed by atoms with Crippen molar-refractivity contribution in [1.82, 2.24) is 9.38 Å². The molecule has 3 heterocycles. The minimum Gasteiger partial charge on any atom is -0.454 e. The van der Waals surface area contributed by atoms with Crippen molar-refractivity contribution >= 4 is 39.5 Å². The molecule has 29 heavy (non-hydrogen) atoms. The Bertz CT molecular complexity index is 1200. The molecule has 1 amide bonds. The van der Waals surface area contributed by atoms with Gasteiger partial charge in [0.05, 0.1) is 5.69 Å². The first-order valence-electron chi connectivity index (χ1n) is 9.07. The van der Waals surface area contributed by atoms with Gasteiger partial charge in [0.1, 0.15) is 0 Å². The minimum atomic E-state index is -0.0544. The maximum Gasteiger partial charge on any atom is 0.231 e. The molecule has 146 valence electrons. The lowest BCUT2D eigenvalue weighted by atomic mass is 10.2. The molecule has 0 atom stereocenters. The number of thiazole rings is 1. The number of amides is 1. The molecule has 0 saturated heterocycles. The SMILES string of the molecule is O=C(CCc1csc2nc(-c3ccc(Cl)cc3)cn12)Nc1ccc2c(c1)OCO2. The number of carbonyl (C=O) groups is 1. The molecule has 0 saturated carbocycles. The quantitative estimate of drug-likeness (QED) is 0.487. The predicted molar refractivity (Wildman–Crippen MR) is 113 cm³/mol. The first kappa shape index (κ1) is 18.0. The van der Waals surface area contributed by atoms with Gasteiger partial charge in [-0.2, -0.15) is 0 Å². The van der Waals surface area contributed by atoms with Gasteiger partial charge in [-0.1, -0.05) is 23.7 Å². The summed E-state index contributed by atoms with van der Waals surface area (Å²) in [6, 6.07) is 13.0. The Labute approximate surface area is 175 Å². The number of ether oxygens (including phenoxy) is 2. The number of aromatic nitrogens is 2. The highest BCUT2D eigenvalue weighted by Gasteiger charge is 2.15. The van der Waals surface area contributed by atoms with Crippen molar-refractivity contribution in [2.75, 3.05) is 12.1 Å². The van der Waals surface area contributed by atoms with Crippen LogP contribution < -0.4 is 14.8 Å². The highest BCUT2D eigenvalue weighted by atomic mass is 35.5. The predicted octanol–water partition coefficient (Wildman–Crippen LogP) is 5.02. The topological polar surface area (TPSA) is 64.9 Å². The molecule has 0 bridgehead atoms. The van der Waals surface area contributed by atoms with E-state index in [4.69, 9.17) is 21.1 Å². The number of hydrogen-bond donors (Lipinski definition) is 1. The van der Waals surface area contributed by atoms with Gasteiger partial charge < -0.3 is 14.8 Å². The molecule has 2 aromatic heterocycles. The van der Waals surface area contributed by atoms with Crippen LogP contribution in [0.2, 0.25) is 5.02 Å². The summed E-state index contributed by atoms with van der Waals surface area (Å²) >= 11 is 7.53. The molecule has 6 nitrogen and oxygen atoms in total. The van der Waals surface area contributed by atoms with E-state index in [1.54, 1.807) is 23.5 Å². The van der Waals surface area contributed by atoms with Gasteiger partial charge in [0.25, 0.3) is 0 Å². The van der Waals surface area contributed by atoms with E-state index in [-0.39, 0.29) is 12.7 Å². The summed E-state index contributed by atoms with van der Waals surface area (Å²) in [7, 11) is 0. The standard InChI is InChI=1S/C21H16ClN3O3S/c22-14-3-1-13(2-4-14)17-10-25-16(11-29-21(25)24-17)6-8-20(26)23-15-5-7-18-19(9-15)28-12-27-18/h1-5,7,9-11H,6,8,12H2,(H,23,26). The smallest absolute Gasteiger partial charge is 0.231 e. The third-order valence-corrected chi connectivity index (χ3v) is 5.83. The summed E-state index contributed by atoms with van der Waals surface area (Å²) in [6.45, 7) is 0.212. The van der Waals surface area contributed by atoms with Crippen LogP contribution in [0.25, 0.3) is 16.2 Å². The van der Waals surface area contributed by atoms with E-state index in [0.29, 0.717) is 35.1 Å². The largest absolute Gasteiger partial charge is 0.454 e. The molecule has 2 aromatic carbocycles. The van der Waals surface area contributed by atoms with E-state index in [0.717, 1.165) is 21.9 Å². The molecule has 1 aliphatic heterocycles. The number of rotatable bonds is 5. The van der Waals surface area contributed by atoms with E-state index in [1.807, 2.05) is 46.3 Å². The van der Waals surface area contributed by atoms with Gasteiger partial charge in [-0.25, -0.2) is 4.98 Å². The summed E-state index contributed by atoms with van der Waals surface area (Å²) in [6.07, 6.45) is 2.99. The summed E-state index contributed by atoms with van der Waals surface area (Å²) < 4.78 is 12.7. The highest BCUT2D eigenvalue weighted by Crippen LogP contribution is 2.34. The fourth-order valence-corrected chi connectivity index (χ4v) is 4.24. The Kier molecular flexibility index (Phi) is 4.61. The molecule has 1 N–H and O–H groups in total. The lowest BCUT2D eigenvalue weighted by Gasteiger charge is -2.06. The van der Waals surface area contributed by atoms with Gasteiger partial charge in [0.15, 0.2) is 16.5 Å². The van der Waals surface area contributed by atoms with Crippen LogP contribution in [0.15, 0.2) is 54.0 Å². The molecular formula is C21H16ClN3O3S. The van der Waals surface area contributed by atoms with Crippen molar-refractivity contribution in [2.45, 2.75) is 12.8 Å². The second-order valence-corrected chi connectivity index (χ2v) is 7.90. The first-order valence-corrected chi connectivity index (χ1v) is 10.3. The van der Waals surface area contributed by atoms with Gasteiger partial charge >= 0.3 is 0 Å². The zero-order valence-corrected chi connectivity index (χ0v) is 16.8. The third kappa shape index (κ3) is 3.66. The van der Waals surface area contributed by atoms with Gasteiger partial charge in [-0.15, -0.1) is 11.3 Å².